The third kappa shape index (κ3) is 3.10. The van der Waals surface area contributed by atoms with Gasteiger partial charge in [-0.05, 0) is 19.1 Å². The molecule has 1 aliphatic heterocycles. The number of carbonyl (C=O) groups is 1. The maximum atomic E-state index is 12.1. The molecule has 1 unspecified atom stereocenters. The molecule has 0 aromatic carbocycles. The Bertz CT molecular complexity index is 559. The van der Waals surface area contributed by atoms with Gasteiger partial charge in [-0.2, -0.15) is 0 Å². The predicted molar refractivity (Wildman–Crippen MR) is 79.0 cm³/mol. The van der Waals surface area contributed by atoms with E-state index in [4.69, 9.17) is 10.5 Å². The number of rotatable bonds is 2. The van der Waals surface area contributed by atoms with Gasteiger partial charge in [0.15, 0.2) is 6.10 Å². The van der Waals surface area contributed by atoms with Crippen LogP contribution < -0.4 is 11.1 Å². The summed E-state index contributed by atoms with van der Waals surface area (Å²) in [6.45, 7) is 8.00. The number of allylic oxidation sites excluding steroid dienone is 1. The Morgan fingerprint density at radius 3 is 2.75 bits per heavy atom. The lowest BCUT2D eigenvalue weighted by molar-refractivity contribution is -0.124. The summed E-state index contributed by atoms with van der Waals surface area (Å²) in [5.74, 6) is 0.685. The predicted octanol–water partition coefficient (Wildman–Crippen LogP) is 2.63. The highest BCUT2D eigenvalue weighted by Crippen LogP contribution is 2.33. The molecule has 5 nitrogen and oxygen atoms in total. The summed E-state index contributed by atoms with van der Waals surface area (Å²) in [6.07, 6.45) is 3.68. The zero-order chi connectivity index (χ0) is 14.9. The van der Waals surface area contributed by atoms with Crippen LogP contribution in [0, 0.1) is 12.3 Å². The number of hydrogen-bond donors (Lipinski definition) is 2. The summed E-state index contributed by atoms with van der Waals surface area (Å²) in [4.78, 5) is 16.3. The number of carbonyl (C=O) groups excluding carboxylic acids is 1. The van der Waals surface area contributed by atoms with Crippen LogP contribution in [0.15, 0.2) is 24.1 Å². The standard InChI is InChI=1S/C15H21N3O2/c1-9-11(16)7-10(8-17-9)18-14(19)12-5-6-13(20-12)15(2,3)4/h6-8,12H,5,16H2,1-4H3,(H,18,19). The first kappa shape index (κ1) is 14.4. The molecule has 0 aliphatic carbocycles. The summed E-state index contributed by atoms with van der Waals surface area (Å²) >= 11 is 0. The minimum absolute atomic E-state index is 0.0785. The van der Waals surface area contributed by atoms with Crippen LogP contribution in [0.3, 0.4) is 0 Å². The highest BCUT2D eigenvalue weighted by molar-refractivity contribution is 5.94. The van der Waals surface area contributed by atoms with Crippen LogP contribution in [0.25, 0.3) is 0 Å². The first-order chi connectivity index (χ1) is 9.27. The van der Waals surface area contributed by atoms with Crippen molar-refractivity contribution in [2.24, 2.45) is 5.41 Å². The fourth-order valence-electron chi connectivity index (χ4n) is 1.95. The van der Waals surface area contributed by atoms with Crippen molar-refractivity contribution >= 4 is 17.3 Å². The number of nitrogens with one attached hydrogen (secondary N) is 1. The van der Waals surface area contributed by atoms with E-state index >= 15 is 0 Å². The van der Waals surface area contributed by atoms with E-state index in [0.29, 0.717) is 17.8 Å². The second-order valence-electron chi connectivity index (χ2n) is 6.05. The van der Waals surface area contributed by atoms with Gasteiger partial charge in [-0.15, -0.1) is 0 Å². The number of pyridine rings is 1. The summed E-state index contributed by atoms with van der Waals surface area (Å²) in [5, 5.41) is 2.78. The zero-order valence-corrected chi connectivity index (χ0v) is 12.4. The first-order valence-corrected chi connectivity index (χ1v) is 6.67. The van der Waals surface area contributed by atoms with E-state index in [-0.39, 0.29) is 11.3 Å². The molecule has 3 N–H and O–H groups in total. The van der Waals surface area contributed by atoms with Crippen LogP contribution in [0.2, 0.25) is 0 Å². The van der Waals surface area contributed by atoms with Gasteiger partial charge >= 0.3 is 0 Å². The van der Waals surface area contributed by atoms with Gasteiger partial charge in [0.2, 0.25) is 0 Å². The first-order valence-electron chi connectivity index (χ1n) is 6.67. The lowest BCUT2D eigenvalue weighted by Gasteiger charge is -2.22. The molecule has 5 heteroatoms. The summed E-state index contributed by atoms with van der Waals surface area (Å²) < 4.78 is 5.71. The Morgan fingerprint density at radius 1 is 1.50 bits per heavy atom. The van der Waals surface area contributed by atoms with Gasteiger partial charge in [-0.1, -0.05) is 20.8 Å². The number of nitrogen functional groups attached to an aromatic ring is 1. The highest BCUT2D eigenvalue weighted by atomic mass is 16.5. The van der Waals surface area contributed by atoms with Gasteiger partial charge in [-0.25, -0.2) is 0 Å². The van der Waals surface area contributed by atoms with Gasteiger partial charge in [0.25, 0.3) is 5.91 Å². The van der Waals surface area contributed by atoms with Crippen molar-refractivity contribution in [1.82, 2.24) is 4.98 Å². The Balaban J connectivity index is 1.99. The molecule has 1 aromatic heterocycles. The maximum absolute atomic E-state index is 12.1. The van der Waals surface area contributed by atoms with Crippen LogP contribution in [-0.4, -0.2) is 17.0 Å². The van der Waals surface area contributed by atoms with Gasteiger partial charge in [0, 0.05) is 11.8 Å². The molecule has 1 amide bonds. The molecular formula is C15H21N3O2. The highest BCUT2D eigenvalue weighted by Gasteiger charge is 2.31. The van der Waals surface area contributed by atoms with E-state index in [1.54, 1.807) is 12.3 Å². The van der Waals surface area contributed by atoms with Crippen LogP contribution in [-0.2, 0) is 9.53 Å². The molecule has 2 rings (SSSR count). The van der Waals surface area contributed by atoms with E-state index in [0.717, 1.165) is 11.5 Å². The molecule has 1 aliphatic rings. The minimum Gasteiger partial charge on any atom is -0.484 e. The van der Waals surface area contributed by atoms with Gasteiger partial charge in [0.05, 0.1) is 29.0 Å². The average molecular weight is 275 g/mol. The Kier molecular flexibility index (Phi) is 3.70. The molecule has 20 heavy (non-hydrogen) atoms. The summed E-state index contributed by atoms with van der Waals surface area (Å²) in [6, 6.07) is 1.70. The number of aryl methyl sites for hydroxylation is 1. The van der Waals surface area contributed by atoms with Gasteiger partial charge in [-0.3, -0.25) is 9.78 Å². The minimum atomic E-state index is -0.480. The Labute approximate surface area is 119 Å². The molecule has 108 valence electrons. The van der Waals surface area contributed by atoms with Crippen molar-refractivity contribution < 1.29 is 9.53 Å². The van der Waals surface area contributed by atoms with Gasteiger partial charge in [0.1, 0.15) is 0 Å². The Morgan fingerprint density at radius 2 is 2.20 bits per heavy atom. The zero-order valence-electron chi connectivity index (χ0n) is 12.4. The SMILES string of the molecule is Cc1ncc(NC(=O)C2CC=C(C(C)(C)C)O2)cc1N. The molecule has 0 saturated heterocycles. The summed E-state index contributed by atoms with van der Waals surface area (Å²) in [5.41, 5.74) is 7.59. The largest absolute Gasteiger partial charge is 0.484 e. The quantitative estimate of drug-likeness (QED) is 0.869. The molecule has 2 heterocycles. The molecule has 0 saturated carbocycles. The monoisotopic (exact) mass is 275 g/mol. The molecular weight excluding hydrogens is 254 g/mol. The number of hydrogen-bond acceptors (Lipinski definition) is 4. The smallest absolute Gasteiger partial charge is 0.265 e. The topological polar surface area (TPSA) is 77.2 Å². The van der Waals surface area contributed by atoms with Crippen LogP contribution >= 0.6 is 0 Å². The van der Waals surface area contributed by atoms with Gasteiger partial charge < -0.3 is 15.8 Å². The average Bonchev–Trinajstić information content (AvgIpc) is 2.83. The molecule has 0 fully saturated rings. The third-order valence-electron chi connectivity index (χ3n) is 3.21. The fourth-order valence-corrected chi connectivity index (χ4v) is 1.95. The number of aromatic nitrogens is 1. The van der Waals surface area contributed by atoms with Crippen molar-refractivity contribution in [3.05, 3.63) is 29.8 Å². The number of amides is 1. The van der Waals surface area contributed by atoms with Crippen LogP contribution in [0.5, 0.6) is 0 Å². The lowest BCUT2D eigenvalue weighted by Crippen LogP contribution is -2.28. The van der Waals surface area contributed by atoms with E-state index in [1.165, 1.54) is 0 Å². The van der Waals surface area contributed by atoms with E-state index in [9.17, 15) is 4.79 Å². The Hall–Kier alpha value is -2.04. The summed E-state index contributed by atoms with van der Waals surface area (Å²) in [7, 11) is 0. The van der Waals surface area contributed by atoms with Crippen LogP contribution in [0.4, 0.5) is 11.4 Å². The van der Waals surface area contributed by atoms with E-state index < -0.39 is 6.10 Å². The number of nitrogens with two attached hydrogens (primary N) is 1. The van der Waals surface area contributed by atoms with E-state index in [1.807, 2.05) is 13.0 Å². The van der Waals surface area contributed by atoms with Crippen molar-refractivity contribution in [3.8, 4) is 0 Å². The number of anilines is 2. The van der Waals surface area contributed by atoms with Crippen molar-refractivity contribution in [1.29, 1.82) is 0 Å². The molecule has 0 radical (unpaired) electrons. The van der Waals surface area contributed by atoms with Crippen molar-refractivity contribution in [2.45, 2.75) is 40.2 Å². The second-order valence-corrected chi connectivity index (χ2v) is 6.05. The maximum Gasteiger partial charge on any atom is 0.265 e. The lowest BCUT2D eigenvalue weighted by atomic mass is 9.94. The second kappa shape index (κ2) is 5.15. The van der Waals surface area contributed by atoms with Crippen molar-refractivity contribution in [2.75, 3.05) is 11.1 Å². The fraction of sp³-hybridized carbons (Fsp3) is 0.467. The molecule has 1 aromatic rings. The number of nitrogens with zero attached hydrogens (tertiary/aromatic N) is 1. The molecule has 0 spiro atoms. The normalized spacial score (nSPS) is 18.4. The molecule has 0 bridgehead atoms. The molecule has 1 atom stereocenters. The third-order valence-corrected chi connectivity index (χ3v) is 3.21. The number of ether oxygens (including phenoxy) is 1. The van der Waals surface area contributed by atoms with Crippen LogP contribution in [0.1, 0.15) is 32.9 Å². The van der Waals surface area contributed by atoms with Crippen molar-refractivity contribution in [3.63, 3.8) is 0 Å². The van der Waals surface area contributed by atoms with E-state index in [2.05, 4.69) is 31.1 Å².